The summed E-state index contributed by atoms with van der Waals surface area (Å²) in [7, 11) is 1.22. The number of nitriles is 1. The number of hydrogen-bond donors (Lipinski definition) is 1. The molecular weight excluding hydrogens is 386 g/mol. The molecule has 146 valence electrons. The molecule has 0 saturated carbocycles. The summed E-state index contributed by atoms with van der Waals surface area (Å²) < 4.78 is 6.05. The molecule has 0 aliphatic heterocycles. The molecule has 0 radical (unpaired) electrons. The number of azo groups is 1. The number of ether oxygens (including phenoxy) is 1. The first-order chi connectivity index (χ1) is 14.6. The minimum absolute atomic E-state index is 0.0232. The Hall–Kier alpha value is -4.65. The number of carbonyl (C=O) groups excluding carboxylic acids is 1. The van der Waals surface area contributed by atoms with E-state index in [0.717, 1.165) is 0 Å². The van der Waals surface area contributed by atoms with Crippen molar-refractivity contribution in [1.29, 1.82) is 5.26 Å². The molecule has 0 saturated heterocycles. The quantitative estimate of drug-likeness (QED) is 0.408. The average Bonchev–Trinajstić information content (AvgIpc) is 3.20. The second kappa shape index (κ2) is 7.76. The van der Waals surface area contributed by atoms with Gasteiger partial charge in [-0.05, 0) is 17.5 Å². The van der Waals surface area contributed by atoms with E-state index < -0.39 is 5.97 Å². The van der Waals surface area contributed by atoms with E-state index in [9.17, 15) is 15.2 Å². The van der Waals surface area contributed by atoms with E-state index in [1.54, 1.807) is 36.4 Å². The van der Waals surface area contributed by atoms with Crippen molar-refractivity contribution in [3.05, 3.63) is 66.1 Å². The second-order valence-electron chi connectivity index (χ2n) is 5.99. The molecule has 10 nitrogen and oxygen atoms in total. The lowest BCUT2D eigenvalue weighted by Crippen LogP contribution is -2.03. The van der Waals surface area contributed by atoms with Crippen molar-refractivity contribution < 1.29 is 14.6 Å². The van der Waals surface area contributed by atoms with Gasteiger partial charge >= 0.3 is 5.97 Å². The van der Waals surface area contributed by atoms with Gasteiger partial charge in [-0.1, -0.05) is 24.3 Å². The van der Waals surface area contributed by atoms with E-state index in [2.05, 4.69) is 25.3 Å². The number of aromatic hydroxyl groups is 1. The van der Waals surface area contributed by atoms with Gasteiger partial charge < -0.3 is 9.84 Å². The molecule has 0 fully saturated rings. The molecule has 2 aromatic carbocycles. The lowest BCUT2D eigenvalue weighted by molar-refractivity contribution is 0.0600. The molecule has 0 bridgehead atoms. The Morgan fingerprint density at radius 2 is 1.97 bits per heavy atom. The van der Waals surface area contributed by atoms with Gasteiger partial charge in [0, 0.05) is 17.8 Å². The first-order valence-corrected chi connectivity index (χ1v) is 8.64. The summed E-state index contributed by atoms with van der Waals surface area (Å²) in [6.45, 7) is 0. The monoisotopic (exact) mass is 399 g/mol. The molecule has 2 aromatic heterocycles. The zero-order valence-electron chi connectivity index (χ0n) is 15.6. The highest BCUT2D eigenvalue weighted by atomic mass is 16.5. The first kappa shape index (κ1) is 18.7. The second-order valence-corrected chi connectivity index (χ2v) is 5.99. The number of rotatable bonds is 4. The number of carbonyl (C=O) groups is 1. The van der Waals surface area contributed by atoms with Gasteiger partial charge in [0.05, 0.1) is 13.3 Å². The Kier molecular flexibility index (Phi) is 4.84. The molecule has 0 unspecified atom stereocenters. The Morgan fingerprint density at radius 3 is 2.70 bits per heavy atom. The van der Waals surface area contributed by atoms with Gasteiger partial charge in [-0.3, -0.25) is 0 Å². The Labute approximate surface area is 169 Å². The van der Waals surface area contributed by atoms with E-state index in [1.165, 1.54) is 30.4 Å². The van der Waals surface area contributed by atoms with Crippen LogP contribution in [0.3, 0.4) is 0 Å². The van der Waals surface area contributed by atoms with Crippen LogP contribution in [0.4, 0.5) is 11.5 Å². The smallest absolute Gasteiger partial charge is 0.342 e. The van der Waals surface area contributed by atoms with Gasteiger partial charge in [-0.2, -0.15) is 15.0 Å². The molecule has 0 atom stereocenters. The predicted molar refractivity (Wildman–Crippen MR) is 105 cm³/mol. The number of aromatic nitrogens is 4. The third-order valence-corrected chi connectivity index (χ3v) is 4.25. The molecule has 0 aliphatic rings. The first-order valence-electron chi connectivity index (χ1n) is 8.64. The van der Waals surface area contributed by atoms with Crippen LogP contribution in [0.1, 0.15) is 15.9 Å². The zero-order valence-corrected chi connectivity index (χ0v) is 15.6. The summed E-state index contributed by atoms with van der Waals surface area (Å²) >= 11 is 0. The third-order valence-electron chi connectivity index (χ3n) is 4.25. The van der Waals surface area contributed by atoms with E-state index in [4.69, 9.17) is 4.74 Å². The average molecular weight is 399 g/mol. The van der Waals surface area contributed by atoms with Gasteiger partial charge in [0.2, 0.25) is 0 Å². The fraction of sp³-hybridized carbons (Fsp3) is 0.0500. The minimum Gasteiger partial charge on any atom is -0.505 e. The van der Waals surface area contributed by atoms with Gasteiger partial charge in [-0.25, -0.2) is 14.8 Å². The molecule has 0 spiro atoms. The topological polar surface area (TPSA) is 139 Å². The predicted octanol–water partition coefficient (Wildman–Crippen LogP) is 3.59. The fourth-order valence-corrected chi connectivity index (χ4v) is 2.87. The van der Waals surface area contributed by atoms with E-state index in [0.29, 0.717) is 10.8 Å². The zero-order chi connectivity index (χ0) is 21.1. The van der Waals surface area contributed by atoms with E-state index in [1.807, 2.05) is 6.07 Å². The van der Waals surface area contributed by atoms with Crippen molar-refractivity contribution in [2.75, 3.05) is 7.11 Å². The minimum atomic E-state index is -0.707. The van der Waals surface area contributed by atoms with E-state index in [-0.39, 0.29) is 34.3 Å². The van der Waals surface area contributed by atoms with Crippen molar-refractivity contribution in [3.8, 4) is 17.8 Å². The molecule has 30 heavy (non-hydrogen) atoms. The molecule has 4 aromatic rings. The third kappa shape index (κ3) is 3.20. The van der Waals surface area contributed by atoms with Crippen molar-refractivity contribution >= 4 is 28.2 Å². The Morgan fingerprint density at radius 1 is 1.20 bits per heavy atom. The Balaban J connectivity index is 1.87. The summed E-state index contributed by atoms with van der Waals surface area (Å²) in [6.07, 6.45) is 4.36. The van der Waals surface area contributed by atoms with Crippen LogP contribution in [0.5, 0.6) is 5.75 Å². The number of methoxy groups -OCH3 is 1. The van der Waals surface area contributed by atoms with Crippen molar-refractivity contribution in [2.24, 2.45) is 10.2 Å². The van der Waals surface area contributed by atoms with Crippen molar-refractivity contribution in [3.63, 3.8) is 0 Å². The van der Waals surface area contributed by atoms with Crippen LogP contribution in [-0.4, -0.2) is 37.9 Å². The van der Waals surface area contributed by atoms with Crippen molar-refractivity contribution in [2.45, 2.75) is 0 Å². The van der Waals surface area contributed by atoms with Crippen LogP contribution in [0.15, 0.2) is 65.2 Å². The summed E-state index contributed by atoms with van der Waals surface area (Å²) in [5.74, 6) is -0.812. The van der Waals surface area contributed by atoms with Gasteiger partial charge in [0.25, 0.3) is 5.95 Å². The summed E-state index contributed by atoms with van der Waals surface area (Å²) in [4.78, 5) is 20.4. The van der Waals surface area contributed by atoms with Gasteiger partial charge in [0.1, 0.15) is 22.9 Å². The molecule has 0 amide bonds. The SMILES string of the molecule is COC(=O)c1c(O)c(/N=N/c2c(C#N)cnn2-c2ncccn2)cc2ccccc12. The van der Waals surface area contributed by atoms with Crippen LogP contribution in [0.25, 0.3) is 16.7 Å². The van der Waals surface area contributed by atoms with Crippen molar-refractivity contribution in [1.82, 2.24) is 19.7 Å². The van der Waals surface area contributed by atoms with Crippen LogP contribution in [-0.2, 0) is 4.74 Å². The van der Waals surface area contributed by atoms with Gasteiger partial charge in [0.15, 0.2) is 11.6 Å². The highest BCUT2D eigenvalue weighted by Crippen LogP contribution is 2.38. The highest BCUT2D eigenvalue weighted by molar-refractivity contribution is 6.09. The standard InChI is InChI=1S/C20H13N7O3/c1-30-19(29)16-14-6-3-2-5-12(14)9-15(17(16)28)25-26-18-13(10-21)11-24-27(18)20-22-7-4-8-23-20/h2-9,11,28H,1H3/b26-25+. The summed E-state index contributed by atoms with van der Waals surface area (Å²) in [6, 6.07) is 12.2. The van der Waals surface area contributed by atoms with E-state index >= 15 is 0 Å². The normalized spacial score (nSPS) is 10.9. The number of hydrogen-bond acceptors (Lipinski definition) is 9. The van der Waals surface area contributed by atoms with Crippen LogP contribution >= 0.6 is 0 Å². The largest absolute Gasteiger partial charge is 0.505 e. The number of benzene rings is 2. The molecule has 4 rings (SSSR count). The molecule has 2 heterocycles. The Bertz CT molecular complexity index is 1320. The number of fused-ring (bicyclic) bond motifs is 1. The molecular formula is C20H13N7O3. The maximum Gasteiger partial charge on any atom is 0.342 e. The fourth-order valence-electron chi connectivity index (χ4n) is 2.87. The lowest BCUT2D eigenvalue weighted by atomic mass is 10.0. The van der Waals surface area contributed by atoms with Crippen LogP contribution in [0, 0.1) is 11.3 Å². The maximum absolute atomic E-state index is 12.2. The number of esters is 1. The molecule has 10 heteroatoms. The maximum atomic E-state index is 12.2. The highest BCUT2D eigenvalue weighted by Gasteiger charge is 2.20. The van der Waals surface area contributed by atoms with Crippen LogP contribution < -0.4 is 0 Å². The van der Waals surface area contributed by atoms with Crippen LogP contribution in [0.2, 0.25) is 0 Å². The molecule has 1 N–H and O–H groups in total. The number of phenolic OH excluding ortho intramolecular Hbond substituents is 1. The number of phenols is 1. The molecule has 0 aliphatic carbocycles. The lowest BCUT2D eigenvalue weighted by Gasteiger charge is -2.09. The number of nitrogens with zero attached hydrogens (tertiary/aromatic N) is 7. The summed E-state index contributed by atoms with van der Waals surface area (Å²) in [5.41, 5.74) is 0.143. The van der Waals surface area contributed by atoms with Gasteiger partial charge in [-0.15, -0.1) is 10.2 Å². The summed E-state index contributed by atoms with van der Waals surface area (Å²) in [5, 5.41) is 33.4.